The summed E-state index contributed by atoms with van der Waals surface area (Å²) in [6.07, 6.45) is -5.79. The van der Waals surface area contributed by atoms with Crippen molar-refractivity contribution in [3.05, 3.63) is 67.6 Å². The maximum absolute atomic E-state index is 12.9. The summed E-state index contributed by atoms with van der Waals surface area (Å²) in [5.74, 6) is 0. The first-order chi connectivity index (χ1) is 9.70. The van der Waals surface area contributed by atoms with Crippen LogP contribution in [0.1, 0.15) is 22.8 Å². The second-order valence-corrected chi connectivity index (χ2v) is 6.00. The molecule has 0 radical (unpaired) electrons. The van der Waals surface area contributed by atoms with Crippen LogP contribution >= 0.6 is 39.1 Å². The lowest BCUT2D eigenvalue weighted by Gasteiger charge is -2.16. The van der Waals surface area contributed by atoms with Crippen molar-refractivity contribution in [2.75, 3.05) is 0 Å². The fraction of sp³-hybridized carbons (Fsp3) is 0.143. The van der Waals surface area contributed by atoms with Crippen LogP contribution in [0, 0.1) is 0 Å². The van der Waals surface area contributed by atoms with Gasteiger partial charge in [0.1, 0.15) is 6.10 Å². The number of halogens is 6. The van der Waals surface area contributed by atoms with E-state index in [0.717, 1.165) is 6.07 Å². The first kappa shape index (κ1) is 16.6. The van der Waals surface area contributed by atoms with E-state index in [0.29, 0.717) is 5.02 Å². The Morgan fingerprint density at radius 3 is 2.29 bits per heavy atom. The average molecular weight is 400 g/mol. The van der Waals surface area contributed by atoms with Crippen LogP contribution in [0.3, 0.4) is 0 Å². The average Bonchev–Trinajstić information content (AvgIpc) is 2.37. The Morgan fingerprint density at radius 2 is 1.71 bits per heavy atom. The van der Waals surface area contributed by atoms with Gasteiger partial charge < -0.3 is 5.11 Å². The molecule has 0 spiro atoms. The molecule has 0 aliphatic heterocycles. The molecule has 0 aliphatic carbocycles. The van der Waals surface area contributed by atoms with Crippen LogP contribution in [0.25, 0.3) is 0 Å². The standard InChI is InChI=1S/C14H8BrCl2F3O/c15-11-4-1-7(5-10(11)14(18,19)20)13(21)9-3-2-8(16)6-12(9)17/h1-6,13,21H. The van der Waals surface area contributed by atoms with Gasteiger partial charge in [0.15, 0.2) is 0 Å². The van der Waals surface area contributed by atoms with Gasteiger partial charge in [0, 0.05) is 20.1 Å². The maximum Gasteiger partial charge on any atom is 0.417 e. The molecule has 0 saturated carbocycles. The van der Waals surface area contributed by atoms with Gasteiger partial charge in [-0.2, -0.15) is 13.2 Å². The highest BCUT2D eigenvalue weighted by Crippen LogP contribution is 2.38. The van der Waals surface area contributed by atoms with Crippen LogP contribution in [-0.4, -0.2) is 5.11 Å². The maximum atomic E-state index is 12.9. The third kappa shape index (κ3) is 3.72. The van der Waals surface area contributed by atoms with Crippen LogP contribution in [-0.2, 0) is 6.18 Å². The van der Waals surface area contributed by atoms with Crippen LogP contribution in [0.2, 0.25) is 10.0 Å². The lowest BCUT2D eigenvalue weighted by atomic mass is 9.99. The zero-order chi connectivity index (χ0) is 15.8. The molecule has 1 N–H and O–H groups in total. The van der Waals surface area contributed by atoms with Crippen molar-refractivity contribution in [2.24, 2.45) is 0 Å². The number of benzene rings is 2. The molecule has 2 aromatic carbocycles. The molecule has 1 atom stereocenters. The molecule has 2 rings (SSSR count). The second-order valence-electron chi connectivity index (χ2n) is 4.31. The molecule has 7 heteroatoms. The van der Waals surface area contributed by atoms with E-state index in [9.17, 15) is 18.3 Å². The fourth-order valence-corrected chi connectivity index (χ4v) is 2.82. The molecule has 21 heavy (non-hydrogen) atoms. The Hall–Kier alpha value is -0.750. The minimum Gasteiger partial charge on any atom is -0.384 e. The predicted molar refractivity (Wildman–Crippen MR) is 79.7 cm³/mol. The molecule has 0 aliphatic rings. The van der Waals surface area contributed by atoms with E-state index in [1.165, 1.54) is 30.3 Å². The van der Waals surface area contributed by atoms with E-state index < -0.39 is 17.8 Å². The van der Waals surface area contributed by atoms with Crippen LogP contribution in [0.4, 0.5) is 13.2 Å². The van der Waals surface area contributed by atoms with E-state index >= 15 is 0 Å². The van der Waals surface area contributed by atoms with Crippen LogP contribution in [0.15, 0.2) is 40.9 Å². The minimum absolute atomic E-state index is 0.0897. The topological polar surface area (TPSA) is 20.2 Å². The molecule has 0 bridgehead atoms. The van der Waals surface area contributed by atoms with Gasteiger partial charge in [0.25, 0.3) is 0 Å². The fourth-order valence-electron chi connectivity index (χ4n) is 1.83. The molecule has 1 nitrogen and oxygen atoms in total. The molecule has 1 unspecified atom stereocenters. The van der Waals surface area contributed by atoms with Crippen LogP contribution in [0.5, 0.6) is 0 Å². The van der Waals surface area contributed by atoms with Crippen LogP contribution < -0.4 is 0 Å². The molecule has 112 valence electrons. The van der Waals surface area contributed by atoms with E-state index in [1.807, 2.05) is 0 Å². The Morgan fingerprint density at radius 1 is 1.05 bits per heavy atom. The number of rotatable bonds is 2. The van der Waals surface area contributed by atoms with Crippen molar-refractivity contribution in [3.63, 3.8) is 0 Å². The van der Waals surface area contributed by atoms with Crippen molar-refractivity contribution in [3.8, 4) is 0 Å². The molecule has 0 saturated heterocycles. The van der Waals surface area contributed by atoms with E-state index in [-0.39, 0.29) is 20.6 Å². The summed E-state index contributed by atoms with van der Waals surface area (Å²) in [5, 5.41) is 10.8. The zero-order valence-corrected chi connectivity index (χ0v) is 13.4. The lowest BCUT2D eigenvalue weighted by molar-refractivity contribution is -0.138. The third-order valence-electron chi connectivity index (χ3n) is 2.87. The number of hydrogen-bond donors (Lipinski definition) is 1. The molecule has 2 aromatic rings. The van der Waals surface area contributed by atoms with E-state index in [4.69, 9.17) is 23.2 Å². The van der Waals surface area contributed by atoms with Gasteiger partial charge in [0.05, 0.1) is 5.56 Å². The van der Waals surface area contributed by atoms with Gasteiger partial charge in [-0.1, -0.05) is 51.3 Å². The SMILES string of the molecule is OC(c1ccc(Br)c(C(F)(F)F)c1)c1ccc(Cl)cc1Cl. The highest BCUT2D eigenvalue weighted by atomic mass is 79.9. The summed E-state index contributed by atoms with van der Waals surface area (Å²) < 4.78 is 38.5. The van der Waals surface area contributed by atoms with E-state index in [2.05, 4.69) is 15.9 Å². The van der Waals surface area contributed by atoms with Gasteiger partial charge in [0.2, 0.25) is 0 Å². The molecule has 0 aromatic heterocycles. The number of aliphatic hydroxyl groups excluding tert-OH is 1. The summed E-state index contributed by atoms with van der Waals surface area (Å²) in [7, 11) is 0. The van der Waals surface area contributed by atoms with Crippen molar-refractivity contribution in [1.82, 2.24) is 0 Å². The van der Waals surface area contributed by atoms with Gasteiger partial charge in [-0.15, -0.1) is 0 Å². The first-order valence-electron chi connectivity index (χ1n) is 5.70. The summed E-state index contributed by atoms with van der Waals surface area (Å²) in [6, 6.07) is 7.94. The van der Waals surface area contributed by atoms with Gasteiger partial charge in [-0.05, 0) is 29.8 Å². The molecular formula is C14H8BrCl2F3O. The first-order valence-corrected chi connectivity index (χ1v) is 7.24. The Bertz CT molecular complexity index is 674. The highest BCUT2D eigenvalue weighted by molar-refractivity contribution is 9.10. The predicted octanol–water partition coefficient (Wildman–Crippen LogP) is 5.86. The minimum atomic E-state index is -4.52. The molecular weight excluding hydrogens is 392 g/mol. The number of hydrogen-bond acceptors (Lipinski definition) is 1. The zero-order valence-electron chi connectivity index (χ0n) is 10.3. The third-order valence-corrected chi connectivity index (χ3v) is 4.12. The summed E-state index contributed by atoms with van der Waals surface area (Å²) in [5.41, 5.74) is -0.476. The number of aliphatic hydroxyl groups is 1. The smallest absolute Gasteiger partial charge is 0.384 e. The Kier molecular flexibility index (Phi) is 4.88. The normalized spacial score (nSPS) is 13.3. The summed E-state index contributed by atoms with van der Waals surface area (Å²) in [4.78, 5) is 0. The Labute approximate surface area is 137 Å². The quantitative estimate of drug-likeness (QED) is 0.670. The molecule has 0 heterocycles. The van der Waals surface area contributed by atoms with Gasteiger partial charge in [-0.3, -0.25) is 0 Å². The lowest BCUT2D eigenvalue weighted by Crippen LogP contribution is -2.09. The monoisotopic (exact) mass is 398 g/mol. The number of alkyl halides is 3. The van der Waals surface area contributed by atoms with Gasteiger partial charge >= 0.3 is 6.18 Å². The van der Waals surface area contributed by atoms with Crippen molar-refractivity contribution >= 4 is 39.1 Å². The largest absolute Gasteiger partial charge is 0.417 e. The van der Waals surface area contributed by atoms with Gasteiger partial charge in [-0.25, -0.2) is 0 Å². The summed E-state index contributed by atoms with van der Waals surface area (Å²) in [6.45, 7) is 0. The highest BCUT2D eigenvalue weighted by Gasteiger charge is 2.33. The van der Waals surface area contributed by atoms with Crippen molar-refractivity contribution in [1.29, 1.82) is 0 Å². The van der Waals surface area contributed by atoms with Crippen molar-refractivity contribution < 1.29 is 18.3 Å². The molecule has 0 fully saturated rings. The van der Waals surface area contributed by atoms with Crippen molar-refractivity contribution in [2.45, 2.75) is 12.3 Å². The summed E-state index contributed by atoms with van der Waals surface area (Å²) >= 11 is 14.6. The Balaban J connectivity index is 2.46. The van der Waals surface area contributed by atoms with E-state index in [1.54, 1.807) is 0 Å². The molecule has 0 amide bonds. The second kappa shape index (κ2) is 6.16.